The number of benzene rings is 2. The van der Waals surface area contributed by atoms with E-state index in [4.69, 9.17) is 14.6 Å². The second-order valence-electron chi connectivity index (χ2n) is 10.4. The molecule has 0 bridgehead atoms. The molecule has 5 nitrogen and oxygen atoms in total. The number of pyridine rings is 1. The highest BCUT2D eigenvalue weighted by Crippen LogP contribution is 2.47. The summed E-state index contributed by atoms with van der Waals surface area (Å²) in [5.41, 5.74) is 6.94. The van der Waals surface area contributed by atoms with Gasteiger partial charge in [0.1, 0.15) is 12.4 Å². The first kappa shape index (κ1) is 26.5. The molecule has 1 heterocycles. The monoisotopic (exact) mass is 499 g/mol. The Morgan fingerprint density at radius 1 is 1.00 bits per heavy atom. The van der Waals surface area contributed by atoms with E-state index < -0.39 is 5.97 Å². The molecule has 0 radical (unpaired) electrons. The SMILES string of the molecule is C1CC1.COc1cc(-c2ccc(COc3cccc(CCC(=O)O)c3)cc2C2=CCCC2(C)C)ccn1. The second kappa shape index (κ2) is 12.1. The van der Waals surface area contributed by atoms with Gasteiger partial charge in [-0.1, -0.05) is 63.5 Å². The summed E-state index contributed by atoms with van der Waals surface area (Å²) in [6.07, 6.45) is 11.4. The molecule has 1 saturated carbocycles. The van der Waals surface area contributed by atoms with Crippen molar-refractivity contribution in [1.29, 1.82) is 0 Å². The van der Waals surface area contributed by atoms with Crippen LogP contribution in [0.25, 0.3) is 16.7 Å². The van der Waals surface area contributed by atoms with Crippen LogP contribution in [0.15, 0.2) is 66.9 Å². The van der Waals surface area contributed by atoms with Crippen LogP contribution < -0.4 is 9.47 Å². The number of rotatable bonds is 9. The third-order valence-electron chi connectivity index (χ3n) is 6.76. The zero-order chi connectivity index (χ0) is 26.3. The van der Waals surface area contributed by atoms with Crippen LogP contribution in [0.1, 0.15) is 69.1 Å². The van der Waals surface area contributed by atoms with Crippen LogP contribution in [-0.2, 0) is 17.8 Å². The molecule has 0 saturated heterocycles. The quantitative estimate of drug-likeness (QED) is 0.326. The summed E-state index contributed by atoms with van der Waals surface area (Å²) >= 11 is 0. The molecule has 0 aliphatic heterocycles. The molecule has 5 rings (SSSR count). The molecule has 2 aromatic carbocycles. The van der Waals surface area contributed by atoms with Gasteiger partial charge in [-0.05, 0) is 82.3 Å². The van der Waals surface area contributed by atoms with Gasteiger partial charge in [-0.3, -0.25) is 4.79 Å². The van der Waals surface area contributed by atoms with Crippen LogP contribution in [0, 0.1) is 5.41 Å². The van der Waals surface area contributed by atoms with Crippen LogP contribution in [-0.4, -0.2) is 23.2 Å². The van der Waals surface area contributed by atoms with Crippen molar-refractivity contribution in [3.63, 3.8) is 0 Å². The Hall–Kier alpha value is -3.60. The highest BCUT2D eigenvalue weighted by atomic mass is 16.5. The number of carboxylic acid groups (broad SMARTS) is 1. The van der Waals surface area contributed by atoms with Crippen molar-refractivity contribution >= 4 is 11.5 Å². The average Bonchev–Trinajstić information content (AvgIpc) is 3.75. The number of aryl methyl sites for hydroxylation is 1. The van der Waals surface area contributed by atoms with Crippen LogP contribution in [0.4, 0.5) is 0 Å². The molecule has 5 heteroatoms. The zero-order valence-electron chi connectivity index (χ0n) is 22.1. The lowest BCUT2D eigenvalue weighted by molar-refractivity contribution is -0.136. The minimum atomic E-state index is -0.796. The third-order valence-corrected chi connectivity index (χ3v) is 6.76. The highest BCUT2D eigenvalue weighted by molar-refractivity contribution is 5.84. The van der Waals surface area contributed by atoms with Gasteiger partial charge < -0.3 is 14.6 Å². The standard InChI is InChI=1S/C29H31NO4.C3H6/c1-29(2)14-5-8-26(29)25-17-21(9-11-24(25)22-13-15-30-27(18-22)33-3)19-34-23-7-4-6-20(16-23)10-12-28(31)32;1-2-3-1/h4,6-9,11,13,15-18H,5,10,12,14,19H2,1-3H3,(H,31,32);1-3H2. The molecule has 2 aliphatic carbocycles. The van der Waals surface area contributed by atoms with E-state index in [2.05, 4.69) is 43.1 Å². The molecule has 0 atom stereocenters. The van der Waals surface area contributed by atoms with Crippen molar-refractivity contribution in [3.8, 4) is 22.8 Å². The summed E-state index contributed by atoms with van der Waals surface area (Å²) in [6, 6.07) is 18.1. The maximum Gasteiger partial charge on any atom is 0.303 e. The number of aliphatic carboxylic acids is 1. The number of ether oxygens (including phenoxy) is 2. The zero-order valence-corrected chi connectivity index (χ0v) is 22.1. The number of hydrogen-bond acceptors (Lipinski definition) is 4. The van der Waals surface area contributed by atoms with Crippen LogP contribution in [0.2, 0.25) is 0 Å². The fourth-order valence-corrected chi connectivity index (χ4v) is 4.52. The van der Waals surface area contributed by atoms with Crippen LogP contribution in [0.3, 0.4) is 0 Å². The van der Waals surface area contributed by atoms with Gasteiger partial charge in [-0.15, -0.1) is 0 Å². The first-order chi connectivity index (χ1) is 17.9. The second-order valence-corrected chi connectivity index (χ2v) is 10.4. The number of hydrogen-bond donors (Lipinski definition) is 1. The summed E-state index contributed by atoms with van der Waals surface area (Å²) in [4.78, 5) is 15.1. The van der Waals surface area contributed by atoms with Crippen LogP contribution in [0.5, 0.6) is 11.6 Å². The number of methoxy groups -OCH3 is 1. The lowest BCUT2D eigenvalue weighted by Crippen LogP contribution is -2.10. The molecule has 37 heavy (non-hydrogen) atoms. The summed E-state index contributed by atoms with van der Waals surface area (Å²) < 4.78 is 11.5. The Bertz CT molecular complexity index is 1260. The third kappa shape index (κ3) is 7.45. The molecule has 1 fully saturated rings. The molecule has 0 unspecified atom stereocenters. The van der Waals surface area contributed by atoms with Crippen molar-refractivity contribution in [2.24, 2.45) is 5.41 Å². The number of allylic oxidation sites excluding steroid dienone is 2. The van der Waals surface area contributed by atoms with Crippen molar-refractivity contribution < 1.29 is 19.4 Å². The summed E-state index contributed by atoms with van der Waals surface area (Å²) in [5, 5.41) is 8.94. The van der Waals surface area contributed by atoms with Gasteiger partial charge in [0.2, 0.25) is 5.88 Å². The van der Waals surface area contributed by atoms with Gasteiger partial charge in [0, 0.05) is 18.7 Å². The van der Waals surface area contributed by atoms with Crippen molar-refractivity contribution in [1.82, 2.24) is 4.98 Å². The van der Waals surface area contributed by atoms with E-state index >= 15 is 0 Å². The number of carbonyl (C=O) groups is 1. The Balaban J connectivity index is 0.000000994. The van der Waals surface area contributed by atoms with E-state index in [1.54, 1.807) is 13.3 Å². The van der Waals surface area contributed by atoms with Gasteiger partial charge in [0.25, 0.3) is 0 Å². The Morgan fingerprint density at radius 2 is 1.81 bits per heavy atom. The van der Waals surface area contributed by atoms with E-state index in [1.165, 1.54) is 30.4 Å². The molecule has 0 amide bonds. The number of nitrogens with zero attached hydrogens (tertiary/aromatic N) is 1. The summed E-state index contributed by atoms with van der Waals surface area (Å²) in [7, 11) is 1.63. The number of carboxylic acids is 1. The lowest BCUT2D eigenvalue weighted by atomic mass is 9.79. The first-order valence-corrected chi connectivity index (χ1v) is 13.1. The molecule has 3 aromatic rings. The minimum absolute atomic E-state index is 0.101. The molecule has 0 spiro atoms. The van der Waals surface area contributed by atoms with E-state index in [0.717, 1.165) is 40.8 Å². The maximum atomic E-state index is 10.9. The number of aromatic nitrogens is 1. The van der Waals surface area contributed by atoms with Gasteiger partial charge in [-0.2, -0.15) is 0 Å². The summed E-state index contributed by atoms with van der Waals surface area (Å²) in [5.74, 6) is 0.543. The van der Waals surface area contributed by atoms with Crippen molar-refractivity contribution in [3.05, 3.63) is 83.6 Å². The fraction of sp³-hybridized carbons (Fsp3) is 0.375. The predicted octanol–water partition coefficient (Wildman–Crippen LogP) is 7.73. The molecule has 2 aliphatic rings. The lowest BCUT2D eigenvalue weighted by Gasteiger charge is -2.25. The average molecular weight is 500 g/mol. The molecular formula is C32H37NO4. The molecule has 1 N–H and O–H groups in total. The highest BCUT2D eigenvalue weighted by Gasteiger charge is 2.30. The topological polar surface area (TPSA) is 68.7 Å². The molecular weight excluding hydrogens is 462 g/mol. The Morgan fingerprint density at radius 3 is 2.49 bits per heavy atom. The van der Waals surface area contributed by atoms with Crippen LogP contribution >= 0.6 is 0 Å². The van der Waals surface area contributed by atoms with E-state index in [0.29, 0.717) is 18.9 Å². The molecule has 1 aromatic heterocycles. The first-order valence-electron chi connectivity index (χ1n) is 13.1. The van der Waals surface area contributed by atoms with Gasteiger partial charge in [-0.25, -0.2) is 4.98 Å². The largest absolute Gasteiger partial charge is 0.489 e. The van der Waals surface area contributed by atoms with E-state index in [9.17, 15) is 4.79 Å². The fourth-order valence-electron chi connectivity index (χ4n) is 4.52. The Labute approximate surface area is 220 Å². The maximum absolute atomic E-state index is 10.9. The van der Waals surface area contributed by atoms with E-state index in [1.807, 2.05) is 36.4 Å². The van der Waals surface area contributed by atoms with Gasteiger partial charge in [0.15, 0.2) is 0 Å². The molecule has 194 valence electrons. The smallest absolute Gasteiger partial charge is 0.303 e. The van der Waals surface area contributed by atoms with Crippen molar-refractivity contribution in [2.75, 3.05) is 7.11 Å². The van der Waals surface area contributed by atoms with Gasteiger partial charge in [0.05, 0.1) is 7.11 Å². The van der Waals surface area contributed by atoms with E-state index in [-0.39, 0.29) is 11.8 Å². The Kier molecular flexibility index (Phi) is 8.65. The normalized spacial score (nSPS) is 15.3. The predicted molar refractivity (Wildman–Crippen MR) is 148 cm³/mol. The van der Waals surface area contributed by atoms with Crippen molar-refractivity contribution in [2.45, 2.75) is 65.4 Å². The minimum Gasteiger partial charge on any atom is -0.489 e. The van der Waals surface area contributed by atoms with Gasteiger partial charge >= 0.3 is 5.97 Å². The summed E-state index contributed by atoms with van der Waals surface area (Å²) in [6.45, 7) is 5.03.